The maximum atomic E-state index is 14.9. The van der Waals surface area contributed by atoms with Gasteiger partial charge in [0.05, 0.1) is 21.3 Å². The maximum Gasteiger partial charge on any atom is 0.331 e. The zero-order chi connectivity index (χ0) is 25.5. The van der Waals surface area contributed by atoms with Gasteiger partial charge in [0.2, 0.25) is 0 Å². The molecule has 3 rings (SSSR count). The molecule has 180 valence electrons. The van der Waals surface area contributed by atoms with E-state index in [1.165, 1.54) is 25.1 Å². The minimum Gasteiger partial charge on any atom is -0.478 e. The molecule has 1 heterocycles. The van der Waals surface area contributed by atoms with Crippen molar-refractivity contribution in [3.05, 3.63) is 73.8 Å². The number of aromatic nitrogens is 1. The number of nitrogens with one attached hydrogen (secondary N) is 1. The van der Waals surface area contributed by atoms with Gasteiger partial charge >= 0.3 is 5.97 Å². The van der Waals surface area contributed by atoms with Crippen LogP contribution in [0.3, 0.4) is 0 Å². The SMILES string of the molecule is C/C(=C\c1c(Cl)cc(C(=O)Nc2nc(-c3cccc(C#CCCCCl)c3F)cs2)cc1Cl)C(=O)O. The molecule has 3 aromatic rings. The van der Waals surface area contributed by atoms with E-state index in [1.807, 2.05) is 0 Å². The summed E-state index contributed by atoms with van der Waals surface area (Å²) in [6.45, 7) is 1.41. The summed E-state index contributed by atoms with van der Waals surface area (Å²) >= 11 is 19.2. The van der Waals surface area contributed by atoms with Crippen LogP contribution in [0.2, 0.25) is 10.0 Å². The molecule has 0 aliphatic carbocycles. The highest BCUT2D eigenvalue weighted by molar-refractivity contribution is 7.14. The summed E-state index contributed by atoms with van der Waals surface area (Å²) in [5.74, 6) is 4.07. The Morgan fingerprint density at radius 2 is 1.97 bits per heavy atom. The van der Waals surface area contributed by atoms with Crippen molar-refractivity contribution in [1.82, 2.24) is 4.98 Å². The first kappa shape index (κ1) is 26.7. The molecular formula is C25H18Cl3FN2O3S. The number of hydrogen-bond donors (Lipinski definition) is 2. The number of carbonyl (C=O) groups is 2. The Hall–Kier alpha value is -2.89. The minimum absolute atomic E-state index is 0.0406. The topological polar surface area (TPSA) is 79.3 Å². The quantitative estimate of drug-likeness (QED) is 0.139. The van der Waals surface area contributed by atoms with Gasteiger partial charge in [-0.2, -0.15) is 0 Å². The van der Waals surface area contributed by atoms with E-state index in [2.05, 4.69) is 22.1 Å². The van der Waals surface area contributed by atoms with E-state index in [0.29, 0.717) is 23.6 Å². The van der Waals surface area contributed by atoms with Gasteiger partial charge in [0, 0.05) is 39.9 Å². The molecule has 0 saturated heterocycles. The van der Waals surface area contributed by atoms with Crippen LogP contribution in [0.4, 0.5) is 9.52 Å². The maximum absolute atomic E-state index is 14.9. The van der Waals surface area contributed by atoms with Crippen LogP contribution in [0.25, 0.3) is 17.3 Å². The molecule has 1 amide bonds. The number of carboxylic acids is 1. The number of amides is 1. The highest BCUT2D eigenvalue weighted by Crippen LogP contribution is 2.31. The Morgan fingerprint density at radius 3 is 2.63 bits per heavy atom. The number of anilines is 1. The number of alkyl halides is 1. The van der Waals surface area contributed by atoms with E-state index in [1.54, 1.807) is 23.6 Å². The molecule has 10 heteroatoms. The van der Waals surface area contributed by atoms with Crippen LogP contribution in [0.5, 0.6) is 0 Å². The third-order valence-electron chi connectivity index (χ3n) is 4.70. The number of rotatable bonds is 7. The highest BCUT2D eigenvalue weighted by atomic mass is 35.5. The first-order valence-corrected chi connectivity index (χ1v) is 12.4. The van der Waals surface area contributed by atoms with Crippen molar-refractivity contribution < 1.29 is 19.1 Å². The molecule has 0 bridgehead atoms. The summed E-state index contributed by atoms with van der Waals surface area (Å²) in [5, 5.41) is 13.8. The van der Waals surface area contributed by atoms with Crippen molar-refractivity contribution in [2.24, 2.45) is 0 Å². The minimum atomic E-state index is -1.11. The van der Waals surface area contributed by atoms with E-state index in [9.17, 15) is 14.0 Å². The largest absolute Gasteiger partial charge is 0.478 e. The van der Waals surface area contributed by atoms with Gasteiger partial charge in [-0.1, -0.05) is 41.1 Å². The van der Waals surface area contributed by atoms with Gasteiger partial charge in [-0.3, -0.25) is 10.1 Å². The van der Waals surface area contributed by atoms with Crippen molar-refractivity contribution >= 4 is 69.2 Å². The normalized spacial score (nSPS) is 11.1. The van der Waals surface area contributed by atoms with E-state index in [4.69, 9.17) is 39.9 Å². The standard InChI is InChI=1S/C25H18Cl3FN2O3S/c1-14(24(33)34)10-18-19(27)11-16(12-20(18)28)23(32)31-25-30-21(13-35-25)17-8-5-7-15(22(17)29)6-3-2-4-9-26/h5,7-8,10-13H,2,4,9H2,1H3,(H,33,34)(H,30,31,32)/b14-10+. The lowest BCUT2D eigenvalue weighted by Crippen LogP contribution is -2.12. The Morgan fingerprint density at radius 1 is 1.26 bits per heavy atom. The zero-order valence-corrected chi connectivity index (χ0v) is 21.4. The number of carboxylic acid groups (broad SMARTS) is 1. The first-order chi connectivity index (χ1) is 16.7. The number of hydrogen-bond acceptors (Lipinski definition) is 4. The fourth-order valence-corrected chi connectivity index (χ4v) is 4.33. The summed E-state index contributed by atoms with van der Waals surface area (Å²) in [5.41, 5.74) is 1.37. The second-order valence-electron chi connectivity index (χ2n) is 7.24. The number of benzene rings is 2. The average molecular weight is 552 g/mol. The number of nitrogens with zero attached hydrogens (tertiary/aromatic N) is 1. The lowest BCUT2D eigenvalue weighted by molar-refractivity contribution is -0.132. The van der Waals surface area contributed by atoms with Crippen LogP contribution in [0.15, 0.2) is 41.3 Å². The van der Waals surface area contributed by atoms with Crippen LogP contribution >= 0.6 is 46.1 Å². The van der Waals surface area contributed by atoms with Crippen LogP contribution in [0, 0.1) is 17.7 Å². The van der Waals surface area contributed by atoms with E-state index >= 15 is 0 Å². The fraction of sp³-hybridized carbons (Fsp3) is 0.160. The van der Waals surface area contributed by atoms with Gasteiger partial charge < -0.3 is 5.11 Å². The number of aliphatic carboxylic acids is 1. The molecule has 0 atom stereocenters. The van der Waals surface area contributed by atoms with Gasteiger partial charge in [-0.05, 0) is 43.7 Å². The fourth-order valence-electron chi connectivity index (χ4n) is 2.89. The highest BCUT2D eigenvalue weighted by Gasteiger charge is 2.16. The van der Waals surface area contributed by atoms with Crippen LogP contribution < -0.4 is 5.32 Å². The summed E-state index contributed by atoms with van der Waals surface area (Å²) < 4.78 is 14.9. The summed E-state index contributed by atoms with van der Waals surface area (Å²) in [7, 11) is 0. The molecule has 2 aromatic carbocycles. The Kier molecular flexibility index (Phi) is 9.30. The number of thiazole rings is 1. The monoisotopic (exact) mass is 550 g/mol. The molecule has 1 aromatic heterocycles. The Labute approximate surface area is 220 Å². The molecule has 5 nitrogen and oxygen atoms in total. The molecule has 0 aliphatic heterocycles. The van der Waals surface area contributed by atoms with Crippen LogP contribution in [-0.4, -0.2) is 27.8 Å². The third-order valence-corrected chi connectivity index (χ3v) is 6.35. The van der Waals surface area contributed by atoms with Crippen molar-refractivity contribution in [1.29, 1.82) is 0 Å². The van der Waals surface area contributed by atoms with Crippen molar-refractivity contribution in [3.8, 4) is 23.1 Å². The first-order valence-electron chi connectivity index (χ1n) is 10.2. The molecule has 0 spiro atoms. The third kappa shape index (κ3) is 6.83. The smallest absolute Gasteiger partial charge is 0.331 e. The van der Waals surface area contributed by atoms with Crippen LogP contribution in [-0.2, 0) is 4.79 Å². The summed E-state index contributed by atoms with van der Waals surface area (Å²) in [6, 6.07) is 7.62. The number of carbonyl (C=O) groups excluding carboxylic acids is 1. The molecule has 0 saturated carbocycles. The molecule has 0 aliphatic rings. The molecule has 0 fully saturated rings. The zero-order valence-electron chi connectivity index (χ0n) is 18.3. The second kappa shape index (κ2) is 12.2. The number of halogens is 4. The van der Waals surface area contributed by atoms with Gasteiger partial charge in [0.1, 0.15) is 5.82 Å². The lowest BCUT2D eigenvalue weighted by atomic mass is 10.1. The summed E-state index contributed by atoms with van der Waals surface area (Å²) in [4.78, 5) is 28.1. The molecule has 35 heavy (non-hydrogen) atoms. The second-order valence-corrected chi connectivity index (χ2v) is 9.29. The predicted octanol–water partition coefficient (Wildman–Crippen LogP) is 7.37. The molecule has 0 unspecified atom stereocenters. The average Bonchev–Trinajstić information content (AvgIpc) is 3.27. The van der Waals surface area contributed by atoms with E-state index in [0.717, 1.165) is 17.8 Å². The van der Waals surface area contributed by atoms with Crippen molar-refractivity contribution in [2.45, 2.75) is 19.8 Å². The van der Waals surface area contributed by atoms with Gasteiger partial charge in [-0.25, -0.2) is 14.2 Å². The van der Waals surface area contributed by atoms with Gasteiger partial charge in [-0.15, -0.1) is 22.9 Å². The lowest BCUT2D eigenvalue weighted by Gasteiger charge is -2.08. The summed E-state index contributed by atoms with van der Waals surface area (Å²) in [6.07, 6.45) is 2.63. The van der Waals surface area contributed by atoms with Crippen molar-refractivity contribution in [3.63, 3.8) is 0 Å². The molecular weight excluding hydrogens is 534 g/mol. The van der Waals surface area contributed by atoms with Gasteiger partial charge in [0.15, 0.2) is 5.13 Å². The van der Waals surface area contributed by atoms with E-state index < -0.39 is 17.7 Å². The molecule has 0 radical (unpaired) electrons. The van der Waals surface area contributed by atoms with E-state index in [-0.39, 0.29) is 37.4 Å². The molecule has 2 N–H and O–H groups in total. The number of unbranched alkanes of at least 4 members (excludes halogenated alkanes) is 1. The van der Waals surface area contributed by atoms with Gasteiger partial charge in [0.25, 0.3) is 5.91 Å². The Balaban J connectivity index is 1.80. The Bertz CT molecular complexity index is 1350. The van der Waals surface area contributed by atoms with Crippen LogP contribution in [0.1, 0.15) is 41.3 Å². The van der Waals surface area contributed by atoms with Crippen molar-refractivity contribution in [2.75, 3.05) is 11.2 Å². The predicted molar refractivity (Wildman–Crippen MR) is 140 cm³/mol.